The van der Waals surface area contributed by atoms with Gasteiger partial charge in [-0.05, 0) is 61.3 Å². The monoisotopic (exact) mass is 518 g/mol. The van der Waals surface area contributed by atoms with Crippen molar-refractivity contribution in [2.45, 2.75) is 26.4 Å². The zero-order valence-corrected chi connectivity index (χ0v) is 22.2. The van der Waals surface area contributed by atoms with Crippen molar-refractivity contribution < 1.29 is 4.21 Å². The van der Waals surface area contributed by atoms with E-state index < -0.39 is 9.73 Å². The number of allylic oxidation sites excluding steroid dienone is 1. The van der Waals surface area contributed by atoms with Crippen LogP contribution < -0.4 is 10.9 Å². The molecule has 0 amide bonds. The molecule has 0 radical (unpaired) electrons. The first-order valence-electron chi connectivity index (χ1n) is 11.9. The molecule has 1 aliphatic heterocycles. The molecular weight excluding hydrogens is 488 g/mol. The summed E-state index contributed by atoms with van der Waals surface area (Å²) < 4.78 is 19.6. The van der Waals surface area contributed by atoms with Crippen LogP contribution in [0.15, 0.2) is 58.3 Å². The lowest BCUT2D eigenvalue weighted by Crippen LogP contribution is -2.27. The van der Waals surface area contributed by atoms with Gasteiger partial charge in [-0.1, -0.05) is 12.1 Å². The molecule has 1 aromatic carbocycles. The smallest absolute Gasteiger partial charge is 0.278 e. The normalized spacial score (nSPS) is 13.9. The first-order chi connectivity index (χ1) is 17.6. The van der Waals surface area contributed by atoms with Crippen LogP contribution >= 0.6 is 0 Å². The topological polar surface area (TPSA) is 110 Å². The van der Waals surface area contributed by atoms with Crippen molar-refractivity contribution in [2.75, 3.05) is 31.4 Å². The molecule has 1 N–H and O–H groups in total. The van der Waals surface area contributed by atoms with E-state index in [2.05, 4.69) is 57.2 Å². The number of anilines is 2. The van der Waals surface area contributed by atoms with Crippen molar-refractivity contribution in [3.63, 3.8) is 0 Å². The molecule has 0 saturated carbocycles. The zero-order chi connectivity index (χ0) is 26.3. The number of rotatable bonds is 6. The van der Waals surface area contributed by atoms with Crippen molar-refractivity contribution in [3.8, 4) is 5.82 Å². The van der Waals surface area contributed by atoms with Gasteiger partial charge in [0, 0.05) is 47.2 Å². The summed E-state index contributed by atoms with van der Waals surface area (Å²) in [5.41, 5.74) is 4.96. The number of aryl methyl sites for hydroxylation is 1. The van der Waals surface area contributed by atoms with E-state index >= 15 is 0 Å². The third-order valence-electron chi connectivity index (χ3n) is 6.23. The number of aromatic nitrogens is 5. The van der Waals surface area contributed by atoms with Crippen molar-refractivity contribution in [2.24, 2.45) is 4.36 Å². The number of hydrogen-bond acceptors (Lipinski definition) is 8. The number of fused-ring (bicyclic) bond motifs is 2. The average Bonchev–Trinajstić information content (AvgIpc) is 3.09. The molecule has 0 saturated heterocycles. The van der Waals surface area contributed by atoms with Gasteiger partial charge in [0.2, 0.25) is 5.95 Å². The van der Waals surface area contributed by atoms with E-state index in [0.29, 0.717) is 28.6 Å². The van der Waals surface area contributed by atoms with Gasteiger partial charge in [0.25, 0.3) is 5.56 Å². The number of benzene rings is 1. The van der Waals surface area contributed by atoms with Gasteiger partial charge in [-0.25, -0.2) is 23.5 Å². The second kappa shape index (κ2) is 9.56. The maximum absolute atomic E-state index is 13.2. The first-order valence-corrected chi connectivity index (χ1v) is 14.3. The summed E-state index contributed by atoms with van der Waals surface area (Å²) in [6, 6.07) is 9.43. The Morgan fingerprint density at radius 3 is 2.81 bits per heavy atom. The summed E-state index contributed by atoms with van der Waals surface area (Å²) in [7, 11) is -0.286. The third-order valence-corrected chi connectivity index (χ3v) is 6.86. The van der Waals surface area contributed by atoms with Crippen LogP contribution in [0.5, 0.6) is 0 Å². The van der Waals surface area contributed by atoms with Crippen LogP contribution in [-0.2, 0) is 29.2 Å². The van der Waals surface area contributed by atoms with Crippen LogP contribution in [0.25, 0.3) is 16.9 Å². The maximum Gasteiger partial charge on any atom is 0.278 e. The molecule has 192 valence electrons. The van der Waals surface area contributed by atoms with Gasteiger partial charge in [-0.3, -0.25) is 4.79 Å². The fraction of sp³-hybridized carbons (Fsp3) is 0.308. The van der Waals surface area contributed by atoms with Crippen molar-refractivity contribution in [1.29, 1.82) is 0 Å². The predicted octanol–water partition coefficient (Wildman–Crippen LogP) is 3.56. The lowest BCUT2D eigenvalue weighted by Gasteiger charge is -2.27. The van der Waals surface area contributed by atoms with Crippen LogP contribution in [0, 0.1) is 6.92 Å². The van der Waals surface area contributed by atoms with E-state index in [-0.39, 0.29) is 12.1 Å². The van der Waals surface area contributed by atoms with E-state index in [1.165, 1.54) is 27.6 Å². The van der Waals surface area contributed by atoms with Crippen molar-refractivity contribution >= 4 is 38.2 Å². The molecule has 0 atom stereocenters. The summed E-state index contributed by atoms with van der Waals surface area (Å²) >= 11 is 0. The molecule has 5 rings (SSSR count). The van der Waals surface area contributed by atoms with Crippen LogP contribution in [-0.4, -0.2) is 59.5 Å². The van der Waals surface area contributed by atoms with E-state index in [1.807, 2.05) is 0 Å². The fourth-order valence-electron chi connectivity index (χ4n) is 4.68. The molecule has 0 aliphatic carbocycles. The van der Waals surface area contributed by atoms with Gasteiger partial charge in [0.1, 0.15) is 5.39 Å². The number of nitrogens with zero attached hydrogens (tertiary/aromatic N) is 7. The summed E-state index contributed by atoms with van der Waals surface area (Å²) in [6.07, 6.45) is 7.29. The van der Waals surface area contributed by atoms with E-state index in [9.17, 15) is 9.00 Å². The maximum atomic E-state index is 13.2. The van der Waals surface area contributed by atoms with Crippen molar-refractivity contribution in [3.05, 3.63) is 76.2 Å². The lowest BCUT2D eigenvalue weighted by molar-refractivity contribution is 0.312. The fourth-order valence-corrected chi connectivity index (χ4v) is 5.23. The summed E-state index contributed by atoms with van der Waals surface area (Å²) in [4.78, 5) is 29.2. The number of hydrogen-bond donors (Lipinski definition) is 1. The Kier molecular flexibility index (Phi) is 6.42. The molecular formula is C26H30N8O2S. The molecule has 37 heavy (non-hydrogen) atoms. The minimum atomic E-state index is -2.41. The highest BCUT2D eigenvalue weighted by atomic mass is 32.2. The van der Waals surface area contributed by atoms with Gasteiger partial charge in [-0.2, -0.15) is 9.35 Å². The molecule has 10 nitrogen and oxygen atoms in total. The Bertz CT molecular complexity index is 1700. The standard InChI is InChI=1S/C26H30N8O2S/c1-6-11-33-25(35)21-15-27-26(28-19-13-17(2)20-10-12-32(3)16-18(20)14-19)30-24(21)34(33)23-9-7-8-22(29-23)31-37(4,5)36/h6-9,13-15H,1,10-12,16H2,2-5H3,(H,27,28,30). The highest BCUT2D eigenvalue weighted by molar-refractivity contribution is 7.92. The van der Waals surface area contributed by atoms with Gasteiger partial charge in [0.05, 0.1) is 6.54 Å². The van der Waals surface area contributed by atoms with Crippen LogP contribution in [0.4, 0.5) is 17.5 Å². The number of nitrogens with one attached hydrogen (secondary N) is 1. The predicted molar refractivity (Wildman–Crippen MR) is 148 cm³/mol. The molecule has 4 heterocycles. The van der Waals surface area contributed by atoms with E-state index in [1.54, 1.807) is 41.5 Å². The zero-order valence-electron chi connectivity index (χ0n) is 21.4. The molecule has 11 heteroatoms. The second-order valence-corrected chi connectivity index (χ2v) is 12.1. The first kappa shape index (κ1) is 24.8. The average molecular weight is 519 g/mol. The summed E-state index contributed by atoms with van der Waals surface area (Å²) in [6.45, 7) is 8.11. The second-order valence-electron chi connectivity index (χ2n) is 9.59. The molecule has 0 fully saturated rings. The highest BCUT2D eigenvalue weighted by Crippen LogP contribution is 2.27. The van der Waals surface area contributed by atoms with E-state index in [4.69, 9.17) is 4.98 Å². The minimum absolute atomic E-state index is 0.247. The molecule has 0 spiro atoms. The Balaban J connectivity index is 1.62. The van der Waals surface area contributed by atoms with Crippen LogP contribution in [0.3, 0.4) is 0 Å². The third kappa shape index (κ3) is 5.05. The molecule has 0 bridgehead atoms. The van der Waals surface area contributed by atoms with E-state index in [0.717, 1.165) is 25.2 Å². The Morgan fingerprint density at radius 2 is 2.05 bits per heavy atom. The Hall–Kier alpha value is -3.83. The SMILES string of the molecule is C=CCn1c(=O)c2cnc(Nc3cc(C)c4c(c3)CN(C)CC4)nc2n1-c1cccc(N=S(C)(C)=O)n1. The number of likely N-dealkylation sites (N-methyl/N-ethyl adjacent to an activating group) is 1. The summed E-state index contributed by atoms with van der Waals surface area (Å²) in [5, 5.41) is 3.68. The summed E-state index contributed by atoms with van der Waals surface area (Å²) in [5.74, 6) is 1.11. The quantitative estimate of drug-likeness (QED) is 0.389. The Labute approximate surface area is 215 Å². The van der Waals surface area contributed by atoms with Gasteiger partial charge < -0.3 is 10.2 Å². The minimum Gasteiger partial charge on any atom is -0.324 e. The molecule has 4 aromatic rings. The van der Waals surface area contributed by atoms with Crippen LogP contribution in [0.2, 0.25) is 0 Å². The molecule has 1 aliphatic rings. The number of pyridine rings is 1. The largest absolute Gasteiger partial charge is 0.324 e. The Morgan fingerprint density at radius 1 is 1.24 bits per heavy atom. The van der Waals surface area contributed by atoms with Gasteiger partial charge in [-0.15, -0.1) is 6.58 Å². The molecule has 3 aromatic heterocycles. The highest BCUT2D eigenvalue weighted by Gasteiger charge is 2.19. The van der Waals surface area contributed by atoms with Crippen LogP contribution in [0.1, 0.15) is 16.7 Å². The molecule has 0 unspecified atom stereocenters. The van der Waals surface area contributed by atoms with Crippen molar-refractivity contribution in [1.82, 2.24) is 29.2 Å². The van der Waals surface area contributed by atoms with Gasteiger partial charge in [0.15, 0.2) is 17.3 Å². The van der Waals surface area contributed by atoms with Gasteiger partial charge >= 0.3 is 0 Å². The lowest BCUT2D eigenvalue weighted by atomic mass is 9.94.